The van der Waals surface area contributed by atoms with Crippen LogP contribution in [0.3, 0.4) is 0 Å². The molecule has 0 unspecified atom stereocenters. The van der Waals surface area contributed by atoms with Gasteiger partial charge in [0.2, 0.25) is 0 Å². The number of aromatic nitrogens is 2. The molecule has 29 heavy (non-hydrogen) atoms. The average molecular weight is 477 g/mol. The lowest BCUT2D eigenvalue weighted by Gasteiger charge is -2.16. The summed E-state index contributed by atoms with van der Waals surface area (Å²) >= 11 is 24.3. The minimum Gasteiger partial charge on any atom is -0.483 e. The predicted octanol–water partition coefficient (Wildman–Crippen LogP) is 5.96. The van der Waals surface area contributed by atoms with Gasteiger partial charge in [-0.15, -0.1) is 0 Å². The van der Waals surface area contributed by atoms with Crippen LogP contribution in [0, 0.1) is 0 Å². The third kappa shape index (κ3) is 5.01. The van der Waals surface area contributed by atoms with E-state index in [-0.39, 0.29) is 28.3 Å². The van der Waals surface area contributed by atoms with Gasteiger partial charge >= 0.3 is 0 Å². The largest absolute Gasteiger partial charge is 0.483 e. The smallest absolute Gasteiger partial charge is 0.289 e. The van der Waals surface area contributed by atoms with Gasteiger partial charge in [-0.05, 0) is 31.2 Å². The molecule has 154 valence electrons. The normalized spacial score (nSPS) is 11.0. The maximum atomic E-state index is 12.7. The quantitative estimate of drug-likeness (QED) is 0.422. The SMILES string of the molecule is CCn1ncc(Cl)c1CN(C)C(=O)c1ccc(COc2c(Cl)cc(Cl)cc2Cl)o1. The molecule has 0 N–H and O–H groups in total. The Morgan fingerprint density at radius 1 is 1.17 bits per heavy atom. The summed E-state index contributed by atoms with van der Waals surface area (Å²) in [6.07, 6.45) is 1.56. The highest BCUT2D eigenvalue weighted by Gasteiger charge is 2.20. The van der Waals surface area contributed by atoms with Crippen LogP contribution in [-0.2, 0) is 19.7 Å². The second-order valence-corrected chi connectivity index (χ2v) is 7.83. The van der Waals surface area contributed by atoms with Crippen molar-refractivity contribution in [3.8, 4) is 5.75 Å². The first-order valence-electron chi connectivity index (χ1n) is 8.61. The van der Waals surface area contributed by atoms with Crippen molar-refractivity contribution in [2.45, 2.75) is 26.6 Å². The molecule has 0 atom stereocenters. The standard InChI is InChI=1S/C19H17Cl4N3O3/c1-3-26-16(15(23)8-24-26)9-25(2)19(27)17-5-4-12(29-17)10-28-18-13(21)6-11(20)7-14(18)22/h4-8H,3,9-10H2,1-2H3. The van der Waals surface area contributed by atoms with Gasteiger partial charge in [0.1, 0.15) is 12.4 Å². The van der Waals surface area contributed by atoms with E-state index >= 15 is 0 Å². The summed E-state index contributed by atoms with van der Waals surface area (Å²) in [4.78, 5) is 14.2. The van der Waals surface area contributed by atoms with E-state index in [2.05, 4.69) is 5.10 Å². The fraction of sp³-hybridized carbons (Fsp3) is 0.263. The van der Waals surface area contributed by atoms with Crippen LogP contribution in [0.5, 0.6) is 5.75 Å². The number of halogens is 4. The molecule has 0 saturated heterocycles. The number of hydrogen-bond donors (Lipinski definition) is 0. The molecule has 3 rings (SSSR count). The number of hydrogen-bond acceptors (Lipinski definition) is 4. The number of carbonyl (C=O) groups is 1. The molecule has 2 heterocycles. The van der Waals surface area contributed by atoms with Gasteiger partial charge in [0, 0.05) is 18.6 Å². The fourth-order valence-corrected chi connectivity index (χ4v) is 3.81. The molecule has 0 saturated carbocycles. The number of rotatable bonds is 7. The van der Waals surface area contributed by atoms with Crippen molar-refractivity contribution in [1.29, 1.82) is 0 Å². The van der Waals surface area contributed by atoms with E-state index in [0.29, 0.717) is 34.6 Å². The zero-order chi connectivity index (χ0) is 21.1. The van der Waals surface area contributed by atoms with Crippen LogP contribution in [0.2, 0.25) is 20.1 Å². The average Bonchev–Trinajstić information content (AvgIpc) is 3.27. The van der Waals surface area contributed by atoms with Crippen LogP contribution in [0.25, 0.3) is 0 Å². The van der Waals surface area contributed by atoms with Crippen LogP contribution in [0.4, 0.5) is 0 Å². The third-order valence-electron chi connectivity index (χ3n) is 4.13. The number of amides is 1. The molecule has 1 aromatic carbocycles. The predicted molar refractivity (Wildman–Crippen MR) is 113 cm³/mol. The first-order valence-corrected chi connectivity index (χ1v) is 10.1. The second kappa shape index (κ2) is 9.30. The molecule has 0 radical (unpaired) electrons. The van der Waals surface area contributed by atoms with Gasteiger partial charge in [0.05, 0.1) is 33.5 Å². The molecule has 0 aliphatic carbocycles. The number of benzene rings is 1. The van der Waals surface area contributed by atoms with Gasteiger partial charge < -0.3 is 14.1 Å². The van der Waals surface area contributed by atoms with Crippen molar-refractivity contribution in [2.75, 3.05) is 7.05 Å². The topological polar surface area (TPSA) is 60.5 Å². The molecular weight excluding hydrogens is 460 g/mol. The summed E-state index contributed by atoms with van der Waals surface area (Å²) in [5.41, 5.74) is 0.757. The Balaban J connectivity index is 1.66. The summed E-state index contributed by atoms with van der Waals surface area (Å²) in [7, 11) is 1.66. The van der Waals surface area contributed by atoms with Gasteiger partial charge in [0.15, 0.2) is 11.5 Å². The highest BCUT2D eigenvalue weighted by Crippen LogP contribution is 2.36. The highest BCUT2D eigenvalue weighted by atomic mass is 35.5. The Bertz CT molecular complexity index is 1010. The lowest BCUT2D eigenvalue weighted by Crippen LogP contribution is -2.27. The van der Waals surface area contributed by atoms with E-state index in [9.17, 15) is 4.79 Å². The van der Waals surface area contributed by atoms with Gasteiger partial charge in [-0.25, -0.2) is 0 Å². The molecule has 0 fully saturated rings. The van der Waals surface area contributed by atoms with E-state index in [1.54, 1.807) is 30.1 Å². The summed E-state index contributed by atoms with van der Waals surface area (Å²) in [5.74, 6) is 0.624. The van der Waals surface area contributed by atoms with Crippen LogP contribution >= 0.6 is 46.4 Å². The van der Waals surface area contributed by atoms with E-state index < -0.39 is 0 Å². The molecule has 0 bridgehead atoms. The van der Waals surface area contributed by atoms with E-state index in [1.807, 2.05) is 6.92 Å². The Morgan fingerprint density at radius 2 is 1.86 bits per heavy atom. The number of nitrogens with zero attached hydrogens (tertiary/aromatic N) is 3. The first kappa shape index (κ1) is 21.8. The summed E-state index contributed by atoms with van der Waals surface area (Å²) in [6.45, 7) is 2.95. The maximum absolute atomic E-state index is 12.7. The lowest BCUT2D eigenvalue weighted by atomic mass is 10.3. The molecule has 2 aromatic heterocycles. The van der Waals surface area contributed by atoms with Crippen molar-refractivity contribution < 1.29 is 13.9 Å². The minimum absolute atomic E-state index is 0.0481. The van der Waals surface area contributed by atoms with Gasteiger partial charge in [0.25, 0.3) is 5.91 Å². The molecule has 0 aliphatic rings. The van der Waals surface area contributed by atoms with Crippen molar-refractivity contribution in [3.05, 3.63) is 67.8 Å². The molecule has 0 aliphatic heterocycles. The molecule has 6 nitrogen and oxygen atoms in total. The van der Waals surface area contributed by atoms with Gasteiger partial charge in [-0.1, -0.05) is 46.4 Å². The summed E-state index contributed by atoms with van der Waals surface area (Å²) in [5, 5.41) is 5.67. The maximum Gasteiger partial charge on any atom is 0.289 e. The number of carbonyl (C=O) groups excluding carboxylic acids is 1. The van der Waals surface area contributed by atoms with Gasteiger partial charge in [-0.2, -0.15) is 5.10 Å². The monoisotopic (exact) mass is 475 g/mol. The number of furan rings is 1. The highest BCUT2D eigenvalue weighted by molar-refractivity contribution is 6.40. The first-order chi connectivity index (χ1) is 13.8. The van der Waals surface area contributed by atoms with Crippen LogP contribution in [-0.4, -0.2) is 27.6 Å². The number of aryl methyl sites for hydroxylation is 1. The van der Waals surface area contributed by atoms with Crippen molar-refractivity contribution in [2.24, 2.45) is 0 Å². The Hall–Kier alpha value is -1.86. The van der Waals surface area contributed by atoms with Crippen molar-refractivity contribution in [3.63, 3.8) is 0 Å². The Kier molecular flexibility index (Phi) is 7.01. The van der Waals surface area contributed by atoms with Crippen molar-refractivity contribution in [1.82, 2.24) is 14.7 Å². The van der Waals surface area contributed by atoms with Gasteiger partial charge in [-0.3, -0.25) is 9.48 Å². The molecule has 1 amide bonds. The zero-order valence-electron chi connectivity index (χ0n) is 15.6. The minimum atomic E-state index is -0.293. The fourth-order valence-electron chi connectivity index (χ4n) is 2.68. The van der Waals surface area contributed by atoms with Crippen molar-refractivity contribution >= 4 is 52.3 Å². The molecule has 10 heteroatoms. The second-order valence-electron chi connectivity index (χ2n) is 6.17. The van der Waals surface area contributed by atoms with Crippen LogP contribution in [0.1, 0.15) is 28.9 Å². The Morgan fingerprint density at radius 3 is 2.52 bits per heavy atom. The summed E-state index contributed by atoms with van der Waals surface area (Å²) < 4.78 is 13.0. The number of ether oxygens (including phenoxy) is 1. The van der Waals surface area contributed by atoms with Crippen LogP contribution in [0.15, 0.2) is 34.9 Å². The third-order valence-corrected chi connectivity index (χ3v) is 5.22. The van der Waals surface area contributed by atoms with E-state index in [0.717, 1.165) is 5.69 Å². The Labute approximate surface area is 187 Å². The molecular formula is C19H17Cl4N3O3. The van der Waals surface area contributed by atoms with Crippen LogP contribution < -0.4 is 4.74 Å². The zero-order valence-corrected chi connectivity index (χ0v) is 18.6. The van der Waals surface area contributed by atoms with E-state index in [4.69, 9.17) is 55.6 Å². The molecule has 0 spiro atoms. The molecule has 3 aromatic rings. The van der Waals surface area contributed by atoms with E-state index in [1.165, 1.54) is 17.0 Å². The lowest BCUT2D eigenvalue weighted by molar-refractivity contribution is 0.0745. The summed E-state index contributed by atoms with van der Waals surface area (Å²) in [6, 6.07) is 6.30.